The minimum absolute atomic E-state index is 0.323. The largest absolute Gasteiger partial charge is 0.329 e. The van der Waals surface area contributed by atoms with Crippen LogP contribution in [0.4, 0.5) is 0 Å². The molecule has 0 bridgehead atoms. The Morgan fingerprint density at radius 2 is 2.19 bits per heavy atom. The lowest BCUT2D eigenvalue weighted by molar-refractivity contribution is 0.246. The highest BCUT2D eigenvalue weighted by Crippen LogP contribution is 2.22. The number of halogens is 1. The number of benzene rings is 1. The Balaban J connectivity index is 2.73. The summed E-state index contributed by atoms with van der Waals surface area (Å²) in [6.07, 6.45) is 2.45. The molecule has 0 radical (unpaired) electrons. The summed E-state index contributed by atoms with van der Waals surface area (Å²) in [5, 5.41) is 0. The molecule has 1 rings (SSSR count). The zero-order valence-electron chi connectivity index (χ0n) is 10.1. The lowest BCUT2D eigenvalue weighted by Crippen LogP contribution is -2.31. The Bertz CT molecular complexity index is 315. The minimum Gasteiger partial charge on any atom is -0.329 e. The Kier molecular flexibility index (Phi) is 6.03. The van der Waals surface area contributed by atoms with Crippen molar-refractivity contribution in [1.82, 2.24) is 4.90 Å². The number of nitrogens with two attached hydrogens (primary N) is 1. The van der Waals surface area contributed by atoms with Gasteiger partial charge in [-0.1, -0.05) is 41.4 Å². The second-order valence-electron chi connectivity index (χ2n) is 4.14. The molecule has 0 amide bonds. The van der Waals surface area contributed by atoms with Gasteiger partial charge in [0.15, 0.2) is 0 Å². The van der Waals surface area contributed by atoms with Gasteiger partial charge < -0.3 is 5.73 Å². The summed E-state index contributed by atoms with van der Waals surface area (Å²) in [4.78, 5) is 2.34. The number of rotatable bonds is 6. The molecule has 1 atom stereocenters. The van der Waals surface area contributed by atoms with Crippen molar-refractivity contribution in [3.05, 3.63) is 34.3 Å². The highest BCUT2D eigenvalue weighted by atomic mass is 79.9. The van der Waals surface area contributed by atoms with E-state index >= 15 is 0 Å². The lowest BCUT2D eigenvalue weighted by Gasteiger charge is -2.27. The highest BCUT2D eigenvalue weighted by molar-refractivity contribution is 9.10. The third-order valence-electron chi connectivity index (χ3n) is 2.85. The van der Waals surface area contributed by atoms with Gasteiger partial charge in [-0.05, 0) is 37.7 Å². The van der Waals surface area contributed by atoms with Crippen LogP contribution in [0.25, 0.3) is 0 Å². The third-order valence-corrected chi connectivity index (χ3v) is 3.35. The Labute approximate surface area is 107 Å². The lowest BCUT2D eigenvalue weighted by atomic mass is 10.1. The number of nitrogens with zero attached hydrogens (tertiary/aromatic N) is 1. The predicted octanol–water partition coefficient (Wildman–Crippen LogP) is 3.18. The van der Waals surface area contributed by atoms with Crippen LogP contribution in [-0.2, 0) is 0 Å². The summed E-state index contributed by atoms with van der Waals surface area (Å²) in [7, 11) is 2.15. The molecule has 0 saturated heterocycles. The second kappa shape index (κ2) is 7.05. The van der Waals surface area contributed by atoms with E-state index < -0.39 is 0 Å². The van der Waals surface area contributed by atoms with Gasteiger partial charge in [-0.15, -0.1) is 0 Å². The van der Waals surface area contributed by atoms with Crippen molar-refractivity contribution in [2.24, 2.45) is 5.73 Å². The first-order valence-corrected chi connectivity index (χ1v) is 6.64. The van der Waals surface area contributed by atoms with E-state index in [0.29, 0.717) is 12.6 Å². The van der Waals surface area contributed by atoms with Gasteiger partial charge in [-0.3, -0.25) is 4.90 Å². The summed E-state index contributed by atoms with van der Waals surface area (Å²) < 4.78 is 1.12. The molecule has 0 aromatic heterocycles. The topological polar surface area (TPSA) is 29.3 Å². The van der Waals surface area contributed by atoms with E-state index in [1.807, 2.05) is 6.07 Å². The van der Waals surface area contributed by atoms with Crippen molar-refractivity contribution in [2.75, 3.05) is 20.1 Å². The van der Waals surface area contributed by atoms with E-state index in [4.69, 9.17) is 5.73 Å². The fourth-order valence-electron chi connectivity index (χ4n) is 1.85. The van der Waals surface area contributed by atoms with Crippen LogP contribution in [0.2, 0.25) is 0 Å². The van der Waals surface area contributed by atoms with E-state index in [9.17, 15) is 0 Å². The van der Waals surface area contributed by atoms with Gasteiger partial charge in [0.05, 0.1) is 0 Å². The smallest absolute Gasteiger partial charge is 0.0467 e. The van der Waals surface area contributed by atoms with Crippen LogP contribution in [0.15, 0.2) is 28.7 Å². The molecule has 2 nitrogen and oxygen atoms in total. The van der Waals surface area contributed by atoms with E-state index in [1.54, 1.807) is 0 Å². The van der Waals surface area contributed by atoms with Crippen LogP contribution >= 0.6 is 15.9 Å². The molecule has 2 N–H and O–H groups in total. The Morgan fingerprint density at radius 1 is 1.44 bits per heavy atom. The number of hydrogen-bond acceptors (Lipinski definition) is 2. The maximum Gasteiger partial charge on any atom is 0.0467 e. The van der Waals surface area contributed by atoms with E-state index in [0.717, 1.165) is 11.0 Å². The average molecular weight is 285 g/mol. The quantitative estimate of drug-likeness (QED) is 0.869. The fourth-order valence-corrected chi connectivity index (χ4v) is 2.26. The molecule has 1 aromatic carbocycles. The van der Waals surface area contributed by atoms with Crippen LogP contribution in [0.1, 0.15) is 31.4 Å². The van der Waals surface area contributed by atoms with E-state index in [-0.39, 0.29) is 0 Å². The third kappa shape index (κ3) is 3.89. The molecule has 0 heterocycles. The van der Waals surface area contributed by atoms with Crippen molar-refractivity contribution in [2.45, 2.75) is 25.8 Å². The standard InChI is InChI=1S/C13H21BrN2/c1-3-4-8-16(2)13(10-15)11-6-5-7-12(14)9-11/h5-7,9,13H,3-4,8,10,15H2,1-2H3. The molecular weight excluding hydrogens is 264 g/mol. The second-order valence-corrected chi connectivity index (χ2v) is 5.06. The normalized spacial score (nSPS) is 13.1. The molecule has 16 heavy (non-hydrogen) atoms. The van der Waals surface area contributed by atoms with Crippen molar-refractivity contribution in [3.63, 3.8) is 0 Å². The van der Waals surface area contributed by atoms with Gasteiger partial charge >= 0.3 is 0 Å². The van der Waals surface area contributed by atoms with E-state index in [1.165, 1.54) is 18.4 Å². The summed E-state index contributed by atoms with van der Waals surface area (Å²) in [6, 6.07) is 8.73. The van der Waals surface area contributed by atoms with Gasteiger partial charge in [-0.25, -0.2) is 0 Å². The molecular formula is C13H21BrN2. The predicted molar refractivity (Wildman–Crippen MR) is 73.5 cm³/mol. The monoisotopic (exact) mass is 284 g/mol. The Morgan fingerprint density at radius 3 is 2.75 bits per heavy atom. The minimum atomic E-state index is 0.323. The highest BCUT2D eigenvalue weighted by Gasteiger charge is 2.14. The van der Waals surface area contributed by atoms with E-state index in [2.05, 4.69) is 53.0 Å². The molecule has 0 aliphatic carbocycles. The summed E-state index contributed by atoms with van der Waals surface area (Å²) in [5.74, 6) is 0. The van der Waals surface area contributed by atoms with Crippen LogP contribution in [-0.4, -0.2) is 25.0 Å². The van der Waals surface area contributed by atoms with Gasteiger partial charge in [0.25, 0.3) is 0 Å². The molecule has 0 aliphatic heterocycles. The molecule has 1 aromatic rings. The van der Waals surface area contributed by atoms with Crippen LogP contribution in [0, 0.1) is 0 Å². The maximum atomic E-state index is 5.87. The zero-order chi connectivity index (χ0) is 12.0. The van der Waals surface area contributed by atoms with Gasteiger partial charge in [0, 0.05) is 17.1 Å². The molecule has 0 aliphatic rings. The van der Waals surface area contributed by atoms with Crippen molar-refractivity contribution < 1.29 is 0 Å². The molecule has 0 spiro atoms. The van der Waals surface area contributed by atoms with Crippen molar-refractivity contribution in [1.29, 1.82) is 0 Å². The van der Waals surface area contributed by atoms with Crippen LogP contribution in [0.3, 0.4) is 0 Å². The first-order valence-electron chi connectivity index (χ1n) is 5.84. The molecule has 0 fully saturated rings. The van der Waals surface area contributed by atoms with Gasteiger partial charge in [0.1, 0.15) is 0 Å². The SMILES string of the molecule is CCCCN(C)C(CN)c1cccc(Br)c1. The molecule has 3 heteroatoms. The van der Waals surface area contributed by atoms with Crippen molar-refractivity contribution in [3.8, 4) is 0 Å². The van der Waals surface area contributed by atoms with Crippen molar-refractivity contribution >= 4 is 15.9 Å². The number of hydrogen-bond donors (Lipinski definition) is 1. The molecule has 1 unspecified atom stereocenters. The maximum absolute atomic E-state index is 5.87. The summed E-state index contributed by atoms with van der Waals surface area (Å²) in [5.41, 5.74) is 7.16. The van der Waals surface area contributed by atoms with Crippen LogP contribution < -0.4 is 5.73 Å². The summed E-state index contributed by atoms with van der Waals surface area (Å²) in [6.45, 7) is 3.98. The number of likely N-dealkylation sites (N-methyl/N-ethyl adjacent to an activating group) is 1. The Hall–Kier alpha value is -0.380. The first kappa shape index (κ1) is 13.7. The van der Waals surface area contributed by atoms with Gasteiger partial charge in [0.2, 0.25) is 0 Å². The molecule has 90 valence electrons. The number of unbranched alkanes of at least 4 members (excludes halogenated alkanes) is 1. The average Bonchev–Trinajstić information content (AvgIpc) is 2.27. The zero-order valence-corrected chi connectivity index (χ0v) is 11.7. The van der Waals surface area contributed by atoms with Gasteiger partial charge in [-0.2, -0.15) is 0 Å². The summed E-state index contributed by atoms with van der Waals surface area (Å²) >= 11 is 3.50. The fraction of sp³-hybridized carbons (Fsp3) is 0.538. The van der Waals surface area contributed by atoms with Crippen LogP contribution in [0.5, 0.6) is 0 Å². The molecule has 0 saturated carbocycles. The first-order chi connectivity index (χ1) is 7.69.